The van der Waals surface area contributed by atoms with Crippen molar-refractivity contribution in [3.05, 3.63) is 101 Å². The Morgan fingerprint density at radius 1 is 0.917 bits per heavy atom. The van der Waals surface area contributed by atoms with Gasteiger partial charge in [0, 0.05) is 11.3 Å². The topological polar surface area (TPSA) is 52.9 Å². The van der Waals surface area contributed by atoms with E-state index >= 15 is 0 Å². The number of nitrogens with one attached hydrogen (secondary N) is 1. The highest BCUT2D eigenvalue weighted by atomic mass is 16.1. The molecule has 3 nitrogen and oxygen atoms in total. The van der Waals surface area contributed by atoms with Crippen LogP contribution in [-0.2, 0) is 6.42 Å². The fraction of sp³-hybridized carbons (Fsp3) is 0.0476. The fourth-order valence-electron chi connectivity index (χ4n) is 2.54. The minimum absolute atomic E-state index is 0.215. The highest BCUT2D eigenvalue weighted by Gasteiger charge is 2.10. The van der Waals surface area contributed by atoms with E-state index in [1.165, 1.54) is 5.56 Å². The first-order valence-electron chi connectivity index (χ1n) is 7.69. The van der Waals surface area contributed by atoms with Crippen LogP contribution in [0.4, 0.5) is 5.69 Å². The molecule has 0 radical (unpaired) electrons. The lowest BCUT2D eigenvalue weighted by atomic mass is 10.0. The van der Waals surface area contributed by atoms with Crippen LogP contribution in [0.3, 0.4) is 0 Å². The Labute approximate surface area is 141 Å². The first kappa shape index (κ1) is 15.5. The number of carbonyl (C=O) groups is 1. The van der Waals surface area contributed by atoms with E-state index in [4.69, 9.17) is 5.26 Å². The van der Waals surface area contributed by atoms with Crippen molar-refractivity contribution in [1.29, 1.82) is 5.26 Å². The molecule has 3 aromatic rings. The molecule has 0 spiro atoms. The van der Waals surface area contributed by atoms with Crippen molar-refractivity contribution < 1.29 is 4.79 Å². The Balaban J connectivity index is 1.82. The molecule has 0 aliphatic carbocycles. The van der Waals surface area contributed by atoms with E-state index < -0.39 is 0 Å². The van der Waals surface area contributed by atoms with Gasteiger partial charge in [-0.1, -0.05) is 54.6 Å². The standard InChI is InChI=1S/C21H16N2O/c22-15-17-9-6-11-19(14-17)21(24)23-20-12-5-4-10-18(20)13-16-7-2-1-3-8-16/h1-12,14H,13H2,(H,23,24). The van der Waals surface area contributed by atoms with E-state index in [1.54, 1.807) is 24.3 Å². The first-order valence-corrected chi connectivity index (χ1v) is 7.69. The van der Waals surface area contributed by atoms with Crippen LogP contribution in [0, 0.1) is 11.3 Å². The van der Waals surface area contributed by atoms with Crippen LogP contribution in [-0.4, -0.2) is 5.91 Å². The summed E-state index contributed by atoms with van der Waals surface area (Å²) in [6.07, 6.45) is 0.746. The van der Waals surface area contributed by atoms with Crippen molar-refractivity contribution in [3.63, 3.8) is 0 Å². The lowest BCUT2D eigenvalue weighted by Gasteiger charge is -2.11. The molecule has 0 atom stereocenters. The lowest BCUT2D eigenvalue weighted by molar-refractivity contribution is 0.102. The lowest BCUT2D eigenvalue weighted by Crippen LogP contribution is -2.13. The smallest absolute Gasteiger partial charge is 0.255 e. The molecule has 3 aromatic carbocycles. The van der Waals surface area contributed by atoms with Gasteiger partial charge in [0.05, 0.1) is 11.6 Å². The Hall–Kier alpha value is -3.38. The SMILES string of the molecule is N#Cc1cccc(C(=O)Nc2ccccc2Cc2ccccc2)c1. The number of benzene rings is 3. The van der Waals surface area contributed by atoms with E-state index in [9.17, 15) is 4.79 Å². The second-order valence-corrected chi connectivity index (χ2v) is 5.47. The van der Waals surface area contributed by atoms with E-state index in [1.807, 2.05) is 42.5 Å². The average Bonchev–Trinajstić information content (AvgIpc) is 2.64. The summed E-state index contributed by atoms with van der Waals surface area (Å²) in [5, 5.41) is 11.9. The van der Waals surface area contributed by atoms with Gasteiger partial charge in [0.25, 0.3) is 5.91 Å². The molecule has 0 heterocycles. The number of rotatable bonds is 4. The third-order valence-corrected chi connectivity index (χ3v) is 3.76. The van der Waals surface area contributed by atoms with Crippen LogP contribution in [0.2, 0.25) is 0 Å². The molecule has 0 aromatic heterocycles. The van der Waals surface area contributed by atoms with Gasteiger partial charge in [-0.25, -0.2) is 0 Å². The summed E-state index contributed by atoms with van der Waals surface area (Å²) < 4.78 is 0. The van der Waals surface area contributed by atoms with Gasteiger partial charge >= 0.3 is 0 Å². The molecule has 1 N–H and O–H groups in total. The van der Waals surface area contributed by atoms with Crippen molar-refractivity contribution >= 4 is 11.6 Å². The van der Waals surface area contributed by atoms with Crippen LogP contribution in [0.5, 0.6) is 0 Å². The Morgan fingerprint density at radius 3 is 2.46 bits per heavy atom. The second kappa shape index (κ2) is 7.26. The van der Waals surface area contributed by atoms with Crippen LogP contribution >= 0.6 is 0 Å². The summed E-state index contributed by atoms with van der Waals surface area (Å²) in [6.45, 7) is 0. The van der Waals surface area contributed by atoms with Gasteiger partial charge in [-0.15, -0.1) is 0 Å². The Bertz CT molecular complexity index is 895. The first-order chi connectivity index (χ1) is 11.8. The van der Waals surface area contributed by atoms with E-state index in [0.29, 0.717) is 11.1 Å². The van der Waals surface area contributed by atoms with Crippen molar-refractivity contribution in [2.75, 3.05) is 5.32 Å². The Morgan fingerprint density at radius 2 is 1.67 bits per heavy atom. The summed E-state index contributed by atoms with van der Waals surface area (Å²) in [5.41, 5.74) is 3.97. The van der Waals surface area contributed by atoms with Gasteiger partial charge < -0.3 is 5.32 Å². The average molecular weight is 312 g/mol. The molecule has 116 valence electrons. The van der Waals surface area contributed by atoms with Gasteiger partial charge in [0.15, 0.2) is 0 Å². The van der Waals surface area contributed by atoms with E-state index in [-0.39, 0.29) is 5.91 Å². The molecule has 3 rings (SSSR count). The maximum absolute atomic E-state index is 12.5. The van der Waals surface area contributed by atoms with Crippen LogP contribution in [0.1, 0.15) is 27.0 Å². The number of hydrogen-bond donors (Lipinski definition) is 1. The summed E-state index contributed by atoms with van der Waals surface area (Å²) in [5.74, 6) is -0.215. The largest absolute Gasteiger partial charge is 0.322 e. The Kier molecular flexibility index (Phi) is 4.69. The number of para-hydroxylation sites is 1. The van der Waals surface area contributed by atoms with Gasteiger partial charge in [-0.2, -0.15) is 5.26 Å². The van der Waals surface area contributed by atoms with Gasteiger partial charge in [-0.05, 0) is 41.8 Å². The molecule has 0 saturated heterocycles. The minimum Gasteiger partial charge on any atom is -0.322 e. The van der Waals surface area contributed by atoms with Crippen molar-refractivity contribution in [1.82, 2.24) is 0 Å². The second-order valence-electron chi connectivity index (χ2n) is 5.47. The number of nitriles is 1. The number of hydrogen-bond acceptors (Lipinski definition) is 2. The van der Waals surface area contributed by atoms with E-state index in [2.05, 4.69) is 23.5 Å². The molecule has 3 heteroatoms. The van der Waals surface area contributed by atoms with Gasteiger partial charge in [-0.3, -0.25) is 4.79 Å². The zero-order valence-electron chi connectivity index (χ0n) is 13.1. The molecule has 0 fully saturated rings. The summed E-state index contributed by atoms with van der Waals surface area (Å²) in [6, 6.07) is 26.6. The predicted octanol–water partition coefficient (Wildman–Crippen LogP) is 4.40. The monoisotopic (exact) mass is 312 g/mol. The van der Waals surface area contributed by atoms with Crippen molar-refractivity contribution in [2.24, 2.45) is 0 Å². The normalized spacial score (nSPS) is 9.96. The number of amides is 1. The highest BCUT2D eigenvalue weighted by molar-refractivity contribution is 6.04. The van der Waals surface area contributed by atoms with Crippen molar-refractivity contribution in [3.8, 4) is 6.07 Å². The maximum Gasteiger partial charge on any atom is 0.255 e. The molecule has 24 heavy (non-hydrogen) atoms. The molecular formula is C21H16N2O. The molecule has 0 saturated carbocycles. The molecule has 0 unspecified atom stereocenters. The molecule has 0 aliphatic heterocycles. The summed E-state index contributed by atoms with van der Waals surface area (Å²) in [7, 11) is 0. The number of nitrogens with zero attached hydrogens (tertiary/aromatic N) is 1. The zero-order valence-corrected chi connectivity index (χ0v) is 13.1. The third kappa shape index (κ3) is 3.68. The van der Waals surface area contributed by atoms with Gasteiger partial charge in [0.1, 0.15) is 0 Å². The minimum atomic E-state index is -0.215. The molecular weight excluding hydrogens is 296 g/mol. The summed E-state index contributed by atoms with van der Waals surface area (Å²) >= 11 is 0. The quantitative estimate of drug-likeness (QED) is 0.776. The zero-order chi connectivity index (χ0) is 16.8. The molecule has 1 amide bonds. The van der Waals surface area contributed by atoms with Crippen LogP contribution in [0.25, 0.3) is 0 Å². The predicted molar refractivity (Wildman–Crippen MR) is 94.8 cm³/mol. The number of anilines is 1. The van der Waals surface area contributed by atoms with Crippen LogP contribution in [0.15, 0.2) is 78.9 Å². The third-order valence-electron chi connectivity index (χ3n) is 3.76. The maximum atomic E-state index is 12.5. The van der Waals surface area contributed by atoms with E-state index in [0.717, 1.165) is 17.7 Å². The van der Waals surface area contributed by atoms with Gasteiger partial charge in [0.2, 0.25) is 0 Å². The fourth-order valence-corrected chi connectivity index (χ4v) is 2.54. The summed E-state index contributed by atoms with van der Waals surface area (Å²) in [4.78, 5) is 12.5. The molecule has 0 aliphatic rings. The molecule has 0 bridgehead atoms. The number of carbonyl (C=O) groups excluding carboxylic acids is 1. The highest BCUT2D eigenvalue weighted by Crippen LogP contribution is 2.20. The van der Waals surface area contributed by atoms with Crippen LogP contribution < -0.4 is 5.32 Å². The van der Waals surface area contributed by atoms with Crippen molar-refractivity contribution in [2.45, 2.75) is 6.42 Å².